The van der Waals surface area contributed by atoms with Crippen LogP contribution in [0.1, 0.15) is 26.7 Å². The summed E-state index contributed by atoms with van der Waals surface area (Å²) in [6, 6.07) is 5.81. The highest BCUT2D eigenvalue weighted by molar-refractivity contribution is 6.09. The molecule has 108 valence electrons. The Bertz CT molecular complexity index is 501. The first-order chi connectivity index (χ1) is 9.52. The van der Waals surface area contributed by atoms with Crippen LogP contribution in [0.2, 0.25) is 0 Å². The standard InChI is InChI=1S/C15H19FN2O2/c1-3-10(2)17-14(19)13-8-9-18(15(13)20)12-6-4-11(16)5-7-12/h4-7,10,13H,3,8-9H2,1-2H3,(H,17,19)/t10-,13+/m1/s1. The predicted octanol–water partition coefficient (Wildman–Crippen LogP) is 2.09. The minimum absolute atomic E-state index is 0.0650. The van der Waals surface area contributed by atoms with E-state index < -0.39 is 5.92 Å². The van der Waals surface area contributed by atoms with Gasteiger partial charge in [-0.3, -0.25) is 9.59 Å². The van der Waals surface area contributed by atoms with Gasteiger partial charge in [-0.2, -0.15) is 0 Å². The minimum atomic E-state index is -0.631. The van der Waals surface area contributed by atoms with Gasteiger partial charge in [-0.15, -0.1) is 0 Å². The van der Waals surface area contributed by atoms with Gasteiger partial charge < -0.3 is 10.2 Å². The number of carbonyl (C=O) groups is 2. The third-order valence-corrected chi connectivity index (χ3v) is 3.66. The fourth-order valence-corrected chi connectivity index (χ4v) is 2.25. The van der Waals surface area contributed by atoms with Crippen LogP contribution in [0.15, 0.2) is 24.3 Å². The summed E-state index contributed by atoms with van der Waals surface area (Å²) in [4.78, 5) is 25.9. The van der Waals surface area contributed by atoms with Crippen molar-refractivity contribution in [1.82, 2.24) is 5.32 Å². The summed E-state index contributed by atoms with van der Waals surface area (Å²) in [5.41, 5.74) is 0.634. The SMILES string of the molecule is CC[C@@H](C)NC(=O)[C@@H]1CCN(c2ccc(F)cc2)C1=O. The summed E-state index contributed by atoms with van der Waals surface area (Å²) in [6.07, 6.45) is 1.33. The van der Waals surface area contributed by atoms with Crippen LogP contribution in [0.25, 0.3) is 0 Å². The normalized spacial score (nSPS) is 20.1. The fraction of sp³-hybridized carbons (Fsp3) is 0.467. The lowest BCUT2D eigenvalue weighted by atomic mass is 10.1. The van der Waals surface area contributed by atoms with E-state index in [9.17, 15) is 14.0 Å². The second-order valence-electron chi connectivity index (χ2n) is 5.13. The Hall–Kier alpha value is -1.91. The molecule has 5 heteroatoms. The maximum Gasteiger partial charge on any atom is 0.239 e. The second kappa shape index (κ2) is 6.03. The first kappa shape index (κ1) is 14.5. The van der Waals surface area contributed by atoms with Gasteiger partial charge in [-0.25, -0.2) is 4.39 Å². The van der Waals surface area contributed by atoms with Crippen LogP contribution in [-0.4, -0.2) is 24.4 Å². The highest BCUT2D eigenvalue weighted by Gasteiger charge is 2.37. The van der Waals surface area contributed by atoms with Crippen molar-refractivity contribution in [3.63, 3.8) is 0 Å². The van der Waals surface area contributed by atoms with E-state index in [1.54, 1.807) is 17.0 Å². The zero-order valence-electron chi connectivity index (χ0n) is 11.7. The summed E-state index contributed by atoms with van der Waals surface area (Å²) in [5, 5.41) is 2.84. The van der Waals surface area contributed by atoms with Crippen molar-refractivity contribution in [3.05, 3.63) is 30.1 Å². The number of benzene rings is 1. The molecule has 4 nitrogen and oxygen atoms in total. The third kappa shape index (κ3) is 2.98. The van der Waals surface area contributed by atoms with Crippen LogP contribution >= 0.6 is 0 Å². The van der Waals surface area contributed by atoms with E-state index in [-0.39, 0.29) is 23.7 Å². The monoisotopic (exact) mass is 278 g/mol. The van der Waals surface area contributed by atoms with Crippen molar-refractivity contribution in [2.24, 2.45) is 5.92 Å². The smallest absolute Gasteiger partial charge is 0.239 e. The first-order valence-electron chi connectivity index (χ1n) is 6.90. The van der Waals surface area contributed by atoms with Gasteiger partial charge in [0, 0.05) is 18.3 Å². The molecule has 1 aliphatic heterocycles. The van der Waals surface area contributed by atoms with E-state index in [1.165, 1.54) is 12.1 Å². The van der Waals surface area contributed by atoms with Crippen molar-refractivity contribution in [2.75, 3.05) is 11.4 Å². The van der Waals surface area contributed by atoms with Gasteiger partial charge in [0.05, 0.1) is 0 Å². The lowest BCUT2D eigenvalue weighted by Gasteiger charge is -2.18. The molecule has 0 unspecified atom stereocenters. The van der Waals surface area contributed by atoms with Gasteiger partial charge in [0.2, 0.25) is 11.8 Å². The Morgan fingerprint density at radius 2 is 2.10 bits per heavy atom. The van der Waals surface area contributed by atoms with E-state index in [4.69, 9.17) is 0 Å². The molecule has 1 fully saturated rings. The summed E-state index contributed by atoms with van der Waals surface area (Å²) < 4.78 is 12.9. The Balaban J connectivity index is 2.05. The predicted molar refractivity (Wildman–Crippen MR) is 74.8 cm³/mol. The molecule has 20 heavy (non-hydrogen) atoms. The van der Waals surface area contributed by atoms with Gasteiger partial charge >= 0.3 is 0 Å². The molecule has 2 rings (SSSR count). The third-order valence-electron chi connectivity index (χ3n) is 3.66. The molecule has 0 spiro atoms. The van der Waals surface area contributed by atoms with Crippen molar-refractivity contribution in [3.8, 4) is 0 Å². The number of rotatable bonds is 4. The summed E-state index contributed by atoms with van der Waals surface area (Å²) in [7, 11) is 0. The molecule has 1 aliphatic rings. The molecule has 1 aromatic rings. The molecule has 0 saturated carbocycles. The minimum Gasteiger partial charge on any atom is -0.353 e. The molecule has 2 atom stereocenters. The second-order valence-corrected chi connectivity index (χ2v) is 5.13. The van der Waals surface area contributed by atoms with Gasteiger partial charge in [-0.1, -0.05) is 6.92 Å². The average molecular weight is 278 g/mol. The van der Waals surface area contributed by atoms with Crippen LogP contribution in [-0.2, 0) is 9.59 Å². The van der Waals surface area contributed by atoms with Gasteiger partial charge in [0.15, 0.2) is 0 Å². The van der Waals surface area contributed by atoms with Crippen molar-refractivity contribution in [2.45, 2.75) is 32.7 Å². The summed E-state index contributed by atoms with van der Waals surface area (Å²) >= 11 is 0. The quantitative estimate of drug-likeness (QED) is 0.857. The zero-order valence-corrected chi connectivity index (χ0v) is 11.7. The van der Waals surface area contributed by atoms with Gasteiger partial charge in [-0.05, 0) is 44.0 Å². The van der Waals surface area contributed by atoms with E-state index in [1.807, 2.05) is 13.8 Å². The molecule has 0 bridgehead atoms. The van der Waals surface area contributed by atoms with E-state index in [2.05, 4.69) is 5.32 Å². The van der Waals surface area contributed by atoms with E-state index in [0.717, 1.165) is 6.42 Å². The zero-order chi connectivity index (χ0) is 14.7. The summed E-state index contributed by atoms with van der Waals surface area (Å²) in [6.45, 7) is 4.38. The molecular weight excluding hydrogens is 259 g/mol. The van der Waals surface area contributed by atoms with Crippen LogP contribution in [0.3, 0.4) is 0 Å². The summed E-state index contributed by atoms with van der Waals surface area (Å²) in [5.74, 6) is -1.40. The van der Waals surface area contributed by atoms with Crippen LogP contribution in [0.5, 0.6) is 0 Å². The molecule has 0 aliphatic carbocycles. The lowest BCUT2D eigenvalue weighted by molar-refractivity contribution is -0.132. The lowest BCUT2D eigenvalue weighted by Crippen LogP contribution is -2.40. The van der Waals surface area contributed by atoms with Crippen molar-refractivity contribution in [1.29, 1.82) is 0 Å². The number of nitrogens with zero attached hydrogens (tertiary/aromatic N) is 1. The Morgan fingerprint density at radius 1 is 1.45 bits per heavy atom. The van der Waals surface area contributed by atoms with Crippen molar-refractivity contribution >= 4 is 17.5 Å². The molecule has 0 aromatic heterocycles. The first-order valence-corrected chi connectivity index (χ1v) is 6.90. The van der Waals surface area contributed by atoms with Crippen molar-refractivity contribution < 1.29 is 14.0 Å². The number of halogens is 1. The number of amides is 2. The number of hydrogen-bond donors (Lipinski definition) is 1. The number of carbonyl (C=O) groups excluding carboxylic acids is 2. The topological polar surface area (TPSA) is 49.4 Å². The van der Waals surface area contributed by atoms with E-state index >= 15 is 0 Å². The Labute approximate surface area is 118 Å². The molecule has 1 N–H and O–H groups in total. The molecule has 0 radical (unpaired) electrons. The Kier molecular flexibility index (Phi) is 4.37. The van der Waals surface area contributed by atoms with Crippen LogP contribution in [0, 0.1) is 11.7 Å². The molecular formula is C15H19FN2O2. The molecule has 1 aromatic carbocycles. The number of anilines is 1. The van der Waals surface area contributed by atoms with Crippen LogP contribution < -0.4 is 10.2 Å². The largest absolute Gasteiger partial charge is 0.353 e. The Morgan fingerprint density at radius 3 is 2.70 bits per heavy atom. The maximum atomic E-state index is 12.9. The number of nitrogens with one attached hydrogen (secondary N) is 1. The maximum absolute atomic E-state index is 12.9. The highest BCUT2D eigenvalue weighted by Crippen LogP contribution is 2.25. The average Bonchev–Trinajstić information content (AvgIpc) is 2.81. The fourth-order valence-electron chi connectivity index (χ4n) is 2.25. The molecule has 1 saturated heterocycles. The van der Waals surface area contributed by atoms with Gasteiger partial charge in [0.25, 0.3) is 0 Å². The number of hydrogen-bond acceptors (Lipinski definition) is 2. The van der Waals surface area contributed by atoms with Crippen LogP contribution in [0.4, 0.5) is 10.1 Å². The van der Waals surface area contributed by atoms with Gasteiger partial charge in [0.1, 0.15) is 11.7 Å². The molecule has 1 heterocycles. The van der Waals surface area contributed by atoms with E-state index in [0.29, 0.717) is 18.7 Å². The highest BCUT2D eigenvalue weighted by atomic mass is 19.1. The molecule has 2 amide bonds.